The Balaban J connectivity index is 1.45. The van der Waals surface area contributed by atoms with Gasteiger partial charge in [0.2, 0.25) is 6.79 Å². The van der Waals surface area contributed by atoms with E-state index in [0.29, 0.717) is 17.1 Å². The van der Waals surface area contributed by atoms with Crippen LogP contribution in [0.4, 0.5) is 0 Å². The maximum atomic E-state index is 13.0. The Morgan fingerprint density at radius 3 is 2.72 bits per heavy atom. The van der Waals surface area contributed by atoms with Gasteiger partial charge in [-0.25, -0.2) is 0 Å². The summed E-state index contributed by atoms with van der Waals surface area (Å²) in [6.07, 6.45) is 2.64. The lowest BCUT2D eigenvalue weighted by Gasteiger charge is -2.38. The summed E-state index contributed by atoms with van der Waals surface area (Å²) < 4.78 is 16.6. The highest BCUT2D eigenvalue weighted by Crippen LogP contribution is 2.33. The van der Waals surface area contributed by atoms with Crippen molar-refractivity contribution in [1.82, 2.24) is 9.80 Å². The van der Waals surface area contributed by atoms with Crippen molar-refractivity contribution in [2.45, 2.75) is 44.9 Å². The third-order valence-corrected chi connectivity index (χ3v) is 5.22. The maximum absolute atomic E-state index is 13.0. The SMILES string of the molecule is C[C@@H]1CN(C[C@@H]2CCCN2C(=O)c2ccc3c(c2)OCO3)C[C@H](C)O1. The molecule has 0 aromatic heterocycles. The lowest BCUT2D eigenvalue weighted by molar-refractivity contribution is -0.0715. The van der Waals surface area contributed by atoms with Gasteiger partial charge in [-0.15, -0.1) is 0 Å². The Hall–Kier alpha value is -1.79. The highest BCUT2D eigenvalue weighted by atomic mass is 16.7. The van der Waals surface area contributed by atoms with E-state index in [1.165, 1.54) is 0 Å². The van der Waals surface area contributed by atoms with Gasteiger partial charge in [0.1, 0.15) is 0 Å². The molecule has 3 aliphatic rings. The molecule has 3 aliphatic heterocycles. The zero-order valence-electron chi connectivity index (χ0n) is 14.9. The number of rotatable bonds is 3. The maximum Gasteiger partial charge on any atom is 0.254 e. The number of nitrogens with zero attached hydrogens (tertiary/aromatic N) is 2. The number of carbonyl (C=O) groups is 1. The van der Waals surface area contributed by atoms with Crippen LogP contribution in [0.15, 0.2) is 18.2 Å². The van der Waals surface area contributed by atoms with Gasteiger partial charge < -0.3 is 19.1 Å². The highest BCUT2D eigenvalue weighted by molar-refractivity contribution is 5.95. The topological polar surface area (TPSA) is 51.2 Å². The summed E-state index contributed by atoms with van der Waals surface area (Å²) in [5, 5.41) is 0. The number of carbonyl (C=O) groups excluding carboxylic acids is 1. The minimum Gasteiger partial charge on any atom is -0.454 e. The molecule has 3 heterocycles. The smallest absolute Gasteiger partial charge is 0.254 e. The number of hydrogen-bond acceptors (Lipinski definition) is 5. The standard InChI is InChI=1S/C19H26N2O4/c1-13-9-20(10-14(2)25-13)11-16-4-3-7-21(16)19(22)15-5-6-17-18(8-15)24-12-23-17/h5-6,8,13-14,16H,3-4,7,9-12H2,1-2H3/t13-,14+,16-/m0/s1. The zero-order valence-corrected chi connectivity index (χ0v) is 14.9. The van der Waals surface area contributed by atoms with Crippen molar-refractivity contribution >= 4 is 5.91 Å². The molecule has 2 fully saturated rings. The molecule has 0 aliphatic carbocycles. The molecule has 4 rings (SSSR count). The molecular weight excluding hydrogens is 320 g/mol. The van der Waals surface area contributed by atoms with Crippen LogP contribution in [0.3, 0.4) is 0 Å². The number of benzene rings is 1. The summed E-state index contributed by atoms with van der Waals surface area (Å²) in [6.45, 7) is 8.09. The number of ether oxygens (including phenoxy) is 3. The van der Waals surface area contributed by atoms with E-state index in [4.69, 9.17) is 14.2 Å². The number of likely N-dealkylation sites (tertiary alicyclic amines) is 1. The van der Waals surface area contributed by atoms with Crippen LogP contribution in [0.2, 0.25) is 0 Å². The van der Waals surface area contributed by atoms with Crippen LogP contribution in [0, 0.1) is 0 Å². The molecule has 6 heteroatoms. The minimum absolute atomic E-state index is 0.0927. The summed E-state index contributed by atoms with van der Waals surface area (Å²) in [5.74, 6) is 1.47. The van der Waals surface area contributed by atoms with Crippen LogP contribution < -0.4 is 9.47 Å². The molecule has 0 bridgehead atoms. The predicted molar refractivity (Wildman–Crippen MR) is 93.1 cm³/mol. The van der Waals surface area contributed by atoms with Crippen molar-refractivity contribution in [3.05, 3.63) is 23.8 Å². The van der Waals surface area contributed by atoms with Crippen LogP contribution >= 0.6 is 0 Å². The molecule has 25 heavy (non-hydrogen) atoms. The van der Waals surface area contributed by atoms with E-state index < -0.39 is 0 Å². The minimum atomic E-state index is 0.0927. The molecule has 0 radical (unpaired) electrons. The quantitative estimate of drug-likeness (QED) is 0.839. The average molecular weight is 346 g/mol. The zero-order chi connectivity index (χ0) is 17.4. The molecule has 1 amide bonds. The lowest BCUT2D eigenvalue weighted by atomic mass is 10.1. The molecule has 3 atom stereocenters. The monoisotopic (exact) mass is 346 g/mol. The predicted octanol–water partition coefficient (Wildman–Crippen LogP) is 2.13. The first-order valence-corrected chi connectivity index (χ1v) is 9.18. The lowest BCUT2D eigenvalue weighted by Crippen LogP contribution is -2.50. The molecular formula is C19H26N2O4. The Morgan fingerprint density at radius 1 is 1.16 bits per heavy atom. The molecule has 2 saturated heterocycles. The van der Waals surface area contributed by atoms with Crippen LogP contribution in [-0.4, -0.2) is 66.9 Å². The Morgan fingerprint density at radius 2 is 1.92 bits per heavy atom. The van der Waals surface area contributed by atoms with Crippen molar-refractivity contribution in [3.63, 3.8) is 0 Å². The molecule has 0 unspecified atom stereocenters. The summed E-state index contributed by atoms with van der Waals surface area (Å²) in [6, 6.07) is 5.74. The van der Waals surface area contributed by atoms with Gasteiger partial charge in [0.15, 0.2) is 11.5 Å². The Labute approximate surface area is 148 Å². The number of hydrogen-bond donors (Lipinski definition) is 0. The fourth-order valence-corrected chi connectivity index (χ4v) is 4.22. The Kier molecular flexibility index (Phi) is 4.56. The summed E-state index contributed by atoms with van der Waals surface area (Å²) in [4.78, 5) is 17.5. The average Bonchev–Trinajstić information content (AvgIpc) is 3.21. The third-order valence-electron chi connectivity index (χ3n) is 5.22. The van der Waals surface area contributed by atoms with Gasteiger partial charge in [0, 0.05) is 37.8 Å². The molecule has 6 nitrogen and oxygen atoms in total. The Bertz CT molecular complexity index is 640. The number of amides is 1. The van der Waals surface area contributed by atoms with E-state index in [9.17, 15) is 4.79 Å². The van der Waals surface area contributed by atoms with Crippen molar-refractivity contribution in [1.29, 1.82) is 0 Å². The molecule has 0 spiro atoms. The van der Waals surface area contributed by atoms with Crippen LogP contribution in [0.5, 0.6) is 11.5 Å². The van der Waals surface area contributed by atoms with Crippen LogP contribution in [-0.2, 0) is 4.74 Å². The molecule has 0 N–H and O–H groups in total. The van der Waals surface area contributed by atoms with Gasteiger partial charge in [-0.3, -0.25) is 9.69 Å². The number of morpholine rings is 1. The third kappa shape index (κ3) is 3.46. The second-order valence-electron chi connectivity index (χ2n) is 7.34. The summed E-state index contributed by atoms with van der Waals surface area (Å²) >= 11 is 0. The molecule has 0 saturated carbocycles. The first-order valence-electron chi connectivity index (χ1n) is 9.18. The highest BCUT2D eigenvalue weighted by Gasteiger charge is 2.33. The summed E-state index contributed by atoms with van der Waals surface area (Å²) in [7, 11) is 0. The van der Waals surface area contributed by atoms with Gasteiger partial charge in [0.05, 0.1) is 12.2 Å². The van der Waals surface area contributed by atoms with E-state index in [1.807, 2.05) is 17.0 Å². The van der Waals surface area contributed by atoms with E-state index in [-0.39, 0.29) is 30.9 Å². The van der Waals surface area contributed by atoms with Gasteiger partial charge in [0.25, 0.3) is 5.91 Å². The first kappa shape index (κ1) is 16.7. The molecule has 1 aromatic rings. The number of fused-ring (bicyclic) bond motifs is 1. The second-order valence-corrected chi connectivity index (χ2v) is 7.34. The fraction of sp³-hybridized carbons (Fsp3) is 0.632. The van der Waals surface area contributed by atoms with Gasteiger partial charge in [-0.1, -0.05) is 0 Å². The van der Waals surface area contributed by atoms with E-state index in [1.54, 1.807) is 6.07 Å². The van der Waals surface area contributed by atoms with Crippen molar-refractivity contribution in [3.8, 4) is 11.5 Å². The normalized spacial score (nSPS) is 29.2. The fourth-order valence-electron chi connectivity index (χ4n) is 4.22. The van der Waals surface area contributed by atoms with Crippen molar-refractivity contribution < 1.29 is 19.0 Å². The van der Waals surface area contributed by atoms with E-state index >= 15 is 0 Å². The summed E-state index contributed by atoms with van der Waals surface area (Å²) in [5.41, 5.74) is 0.680. The van der Waals surface area contributed by atoms with Gasteiger partial charge in [-0.2, -0.15) is 0 Å². The van der Waals surface area contributed by atoms with Crippen LogP contribution in [0.1, 0.15) is 37.0 Å². The van der Waals surface area contributed by atoms with Gasteiger partial charge in [-0.05, 0) is 44.9 Å². The van der Waals surface area contributed by atoms with Crippen molar-refractivity contribution in [2.24, 2.45) is 0 Å². The van der Waals surface area contributed by atoms with Gasteiger partial charge >= 0.3 is 0 Å². The van der Waals surface area contributed by atoms with Crippen LogP contribution in [0.25, 0.3) is 0 Å². The molecule has 1 aromatic carbocycles. The van der Waals surface area contributed by atoms with Crippen molar-refractivity contribution in [2.75, 3.05) is 33.0 Å². The van der Waals surface area contributed by atoms with E-state index in [2.05, 4.69) is 18.7 Å². The largest absolute Gasteiger partial charge is 0.454 e. The molecule has 136 valence electrons. The first-order chi connectivity index (χ1) is 12.1. The second kappa shape index (κ2) is 6.84. The van der Waals surface area contributed by atoms with E-state index in [0.717, 1.165) is 39.0 Å².